The molecule has 0 saturated heterocycles. The van der Waals surface area contributed by atoms with Gasteiger partial charge in [-0.15, -0.1) is 0 Å². The van der Waals surface area contributed by atoms with Crippen molar-refractivity contribution in [3.05, 3.63) is 52.3 Å². The number of benzene rings is 1. The van der Waals surface area contributed by atoms with Gasteiger partial charge in [-0.2, -0.15) is 0 Å². The van der Waals surface area contributed by atoms with E-state index < -0.39 is 33.7 Å². The van der Waals surface area contributed by atoms with Gasteiger partial charge in [0.15, 0.2) is 15.9 Å². The molecule has 156 valence electrons. The fourth-order valence-corrected chi connectivity index (χ4v) is 3.46. The van der Waals surface area contributed by atoms with Crippen molar-refractivity contribution < 1.29 is 32.3 Å². The van der Waals surface area contributed by atoms with E-state index in [1.165, 1.54) is 31.2 Å². The summed E-state index contributed by atoms with van der Waals surface area (Å²) in [5.74, 6) is -1.80. The molecular weight excluding hydrogens is 398 g/mol. The van der Waals surface area contributed by atoms with Gasteiger partial charge in [0, 0.05) is 11.9 Å². The van der Waals surface area contributed by atoms with Crippen LogP contribution in [0.5, 0.6) is 0 Å². The Bertz CT molecular complexity index is 1050. The van der Waals surface area contributed by atoms with Crippen LogP contribution in [0.2, 0.25) is 0 Å². The minimum atomic E-state index is -3.38. The molecule has 1 N–H and O–H groups in total. The van der Waals surface area contributed by atoms with Crippen LogP contribution in [0.25, 0.3) is 0 Å². The zero-order valence-corrected chi connectivity index (χ0v) is 17.7. The van der Waals surface area contributed by atoms with Gasteiger partial charge < -0.3 is 14.5 Å². The molecule has 0 amide bonds. The number of aryl methyl sites for hydroxylation is 1. The minimum Gasteiger partial charge on any atom is -0.462 e. The normalized spacial score (nSPS) is 12.3. The van der Waals surface area contributed by atoms with Crippen LogP contribution in [0.1, 0.15) is 56.3 Å². The summed E-state index contributed by atoms with van der Waals surface area (Å²) in [5.41, 5.74) is 1.47. The number of sulfone groups is 1. The summed E-state index contributed by atoms with van der Waals surface area (Å²) in [6, 6.07) is 5.22. The van der Waals surface area contributed by atoms with E-state index in [4.69, 9.17) is 9.47 Å². The lowest BCUT2D eigenvalue weighted by atomic mass is 10.1. The van der Waals surface area contributed by atoms with E-state index in [0.29, 0.717) is 11.3 Å². The van der Waals surface area contributed by atoms with Crippen molar-refractivity contribution in [1.82, 2.24) is 4.98 Å². The summed E-state index contributed by atoms with van der Waals surface area (Å²) in [4.78, 5) is 40.0. The number of hydrogen-bond acceptors (Lipinski definition) is 7. The third-order valence-corrected chi connectivity index (χ3v) is 5.46. The fraction of sp³-hybridized carbons (Fsp3) is 0.350. The zero-order valence-electron chi connectivity index (χ0n) is 16.9. The Labute approximate surface area is 169 Å². The number of hydrogen-bond donors (Lipinski definition) is 1. The molecule has 0 aliphatic heterocycles. The smallest absolute Gasteiger partial charge is 0.340 e. The first-order valence-electron chi connectivity index (χ1n) is 8.89. The maximum atomic E-state index is 12.7. The van der Waals surface area contributed by atoms with Crippen LogP contribution < -0.4 is 0 Å². The number of ketones is 1. The molecule has 1 heterocycles. The van der Waals surface area contributed by atoms with Gasteiger partial charge in [0.2, 0.25) is 5.78 Å². The molecule has 1 atom stereocenters. The number of H-pyrrole nitrogens is 1. The first kappa shape index (κ1) is 22.4. The summed E-state index contributed by atoms with van der Waals surface area (Å²) >= 11 is 0. The van der Waals surface area contributed by atoms with Crippen molar-refractivity contribution in [3.8, 4) is 0 Å². The fourth-order valence-electron chi connectivity index (χ4n) is 2.83. The molecule has 0 unspecified atom stereocenters. The Morgan fingerprint density at radius 3 is 2.17 bits per heavy atom. The number of Topliss-reactive ketones (excluding diaryl/α,β-unsaturated/α-hetero) is 1. The number of aromatic nitrogens is 1. The molecule has 0 spiro atoms. The third-order valence-electron chi connectivity index (χ3n) is 4.33. The molecule has 2 rings (SSSR count). The molecule has 0 aliphatic rings. The SMILES string of the molecule is CCOC(=O)c1c(C)[nH]c(C(=O)[C@@H](C)OC(=O)c2ccc(S(C)(=O)=O)cc2)c1C. The molecular formula is C20H23NO7S. The number of carbonyl (C=O) groups excluding carboxylic acids is 3. The van der Waals surface area contributed by atoms with Crippen molar-refractivity contribution >= 4 is 27.6 Å². The van der Waals surface area contributed by atoms with Crippen LogP contribution in [0.3, 0.4) is 0 Å². The second kappa shape index (κ2) is 8.60. The number of rotatable bonds is 7. The number of nitrogens with one attached hydrogen (secondary N) is 1. The Balaban J connectivity index is 2.18. The molecule has 9 heteroatoms. The average molecular weight is 421 g/mol. The van der Waals surface area contributed by atoms with E-state index >= 15 is 0 Å². The van der Waals surface area contributed by atoms with Gasteiger partial charge in [-0.25, -0.2) is 18.0 Å². The number of esters is 2. The quantitative estimate of drug-likeness (QED) is 0.539. The van der Waals surface area contributed by atoms with Crippen molar-refractivity contribution in [1.29, 1.82) is 0 Å². The number of aromatic amines is 1. The summed E-state index contributed by atoms with van der Waals surface area (Å²) < 4.78 is 33.2. The maximum absolute atomic E-state index is 12.7. The van der Waals surface area contributed by atoms with Gasteiger partial charge in [0.25, 0.3) is 0 Å². The van der Waals surface area contributed by atoms with E-state index in [0.717, 1.165) is 6.26 Å². The number of carbonyl (C=O) groups is 3. The lowest BCUT2D eigenvalue weighted by Gasteiger charge is -2.12. The van der Waals surface area contributed by atoms with Crippen LogP contribution in [0.4, 0.5) is 0 Å². The molecule has 0 radical (unpaired) electrons. The molecule has 0 aliphatic carbocycles. The highest BCUT2D eigenvalue weighted by Crippen LogP contribution is 2.21. The van der Waals surface area contributed by atoms with Crippen LogP contribution in [0, 0.1) is 13.8 Å². The van der Waals surface area contributed by atoms with Crippen molar-refractivity contribution in [2.24, 2.45) is 0 Å². The van der Waals surface area contributed by atoms with Gasteiger partial charge in [0.05, 0.1) is 28.3 Å². The highest BCUT2D eigenvalue weighted by Gasteiger charge is 2.27. The van der Waals surface area contributed by atoms with Crippen LogP contribution in [-0.2, 0) is 19.3 Å². The lowest BCUT2D eigenvalue weighted by molar-refractivity contribution is 0.0316. The second-order valence-corrected chi connectivity index (χ2v) is 8.57. The number of ether oxygens (including phenoxy) is 2. The topological polar surface area (TPSA) is 120 Å². The zero-order chi connectivity index (χ0) is 21.9. The second-order valence-electron chi connectivity index (χ2n) is 6.55. The molecule has 0 fully saturated rings. The highest BCUT2D eigenvalue weighted by atomic mass is 32.2. The maximum Gasteiger partial charge on any atom is 0.340 e. The summed E-state index contributed by atoms with van der Waals surface area (Å²) in [6.07, 6.45) is -0.0596. The molecule has 8 nitrogen and oxygen atoms in total. The Hall–Kier alpha value is -2.94. The first-order chi connectivity index (χ1) is 13.5. The predicted octanol–water partition coefficient (Wildman–Crippen LogP) is 2.64. The van der Waals surface area contributed by atoms with E-state index in [2.05, 4.69) is 4.98 Å². The molecule has 2 aromatic rings. The molecule has 29 heavy (non-hydrogen) atoms. The van der Waals surface area contributed by atoms with Crippen molar-refractivity contribution in [2.45, 2.75) is 38.7 Å². The molecule has 0 bridgehead atoms. The van der Waals surface area contributed by atoms with Crippen LogP contribution in [-0.4, -0.2) is 50.1 Å². The standard InChI is InChI=1S/C20H23NO7S/c1-6-27-20(24)16-11(2)17(21-12(16)3)18(22)13(4)28-19(23)14-7-9-15(10-8-14)29(5,25)26/h7-10,13,21H,6H2,1-5H3/t13-/m1/s1. The molecule has 0 saturated carbocycles. The van der Waals surface area contributed by atoms with Crippen LogP contribution in [0.15, 0.2) is 29.2 Å². The van der Waals surface area contributed by atoms with Crippen LogP contribution >= 0.6 is 0 Å². The van der Waals surface area contributed by atoms with E-state index in [1.807, 2.05) is 0 Å². The van der Waals surface area contributed by atoms with Gasteiger partial charge in [-0.1, -0.05) is 0 Å². The molecule has 1 aromatic heterocycles. The Morgan fingerprint density at radius 1 is 1.07 bits per heavy atom. The first-order valence-corrected chi connectivity index (χ1v) is 10.8. The molecule has 1 aromatic carbocycles. The highest BCUT2D eigenvalue weighted by molar-refractivity contribution is 7.90. The monoisotopic (exact) mass is 421 g/mol. The average Bonchev–Trinajstić information content (AvgIpc) is 2.94. The van der Waals surface area contributed by atoms with Gasteiger partial charge in [-0.05, 0) is 57.5 Å². The van der Waals surface area contributed by atoms with Gasteiger partial charge in [0.1, 0.15) is 0 Å². The van der Waals surface area contributed by atoms with Crippen molar-refractivity contribution in [2.75, 3.05) is 12.9 Å². The third kappa shape index (κ3) is 4.92. The van der Waals surface area contributed by atoms with Gasteiger partial charge in [-0.3, -0.25) is 4.79 Å². The lowest BCUT2D eigenvalue weighted by Crippen LogP contribution is -2.25. The predicted molar refractivity (Wildman–Crippen MR) is 105 cm³/mol. The summed E-state index contributed by atoms with van der Waals surface area (Å²) in [7, 11) is -3.38. The van der Waals surface area contributed by atoms with Gasteiger partial charge >= 0.3 is 11.9 Å². The Morgan fingerprint density at radius 2 is 1.66 bits per heavy atom. The van der Waals surface area contributed by atoms with E-state index in [9.17, 15) is 22.8 Å². The van der Waals surface area contributed by atoms with Crippen molar-refractivity contribution in [3.63, 3.8) is 0 Å². The largest absolute Gasteiger partial charge is 0.462 e. The minimum absolute atomic E-state index is 0.0714. The van der Waals surface area contributed by atoms with E-state index in [1.54, 1.807) is 20.8 Å². The summed E-state index contributed by atoms with van der Waals surface area (Å²) in [6.45, 7) is 6.58. The summed E-state index contributed by atoms with van der Waals surface area (Å²) in [5, 5.41) is 0. The Kier molecular flexibility index (Phi) is 6.63. The van der Waals surface area contributed by atoms with E-state index in [-0.39, 0.29) is 28.3 Å².